The Morgan fingerprint density at radius 2 is 2.00 bits per heavy atom. The van der Waals surface area contributed by atoms with Gasteiger partial charge in [-0.1, -0.05) is 12.8 Å². The number of nitrogens with zero attached hydrogens (tertiary/aromatic N) is 1. The minimum absolute atomic E-state index is 0.0977. The molecule has 2 rings (SSSR count). The first-order valence-electron chi connectivity index (χ1n) is 6.88. The van der Waals surface area contributed by atoms with Crippen LogP contribution >= 0.6 is 11.8 Å². The summed E-state index contributed by atoms with van der Waals surface area (Å²) >= 11 is 1.79. The second-order valence-corrected chi connectivity index (χ2v) is 6.78. The van der Waals surface area contributed by atoms with E-state index in [0.717, 1.165) is 38.5 Å². The Hall–Kier alpha value is -0.910. The molecule has 0 spiro atoms. The third kappa shape index (κ3) is 3.78. The molecule has 0 aliphatic heterocycles. The predicted octanol–water partition coefficient (Wildman–Crippen LogP) is 1.92. The van der Waals surface area contributed by atoms with Gasteiger partial charge < -0.3 is 15.3 Å². The van der Waals surface area contributed by atoms with Crippen LogP contribution in [-0.4, -0.2) is 52.1 Å². The maximum Gasteiger partial charge on any atom is 0.323 e. The van der Waals surface area contributed by atoms with E-state index in [1.54, 1.807) is 11.8 Å². The average molecular weight is 286 g/mol. The lowest BCUT2D eigenvalue weighted by Gasteiger charge is -2.28. The molecule has 2 saturated carbocycles. The smallest absolute Gasteiger partial charge is 0.323 e. The third-order valence-corrected chi connectivity index (χ3v) is 5.55. The summed E-state index contributed by atoms with van der Waals surface area (Å²) in [4.78, 5) is 24.6. The van der Waals surface area contributed by atoms with Crippen LogP contribution in [0.3, 0.4) is 0 Å². The number of carboxylic acids is 1. The Morgan fingerprint density at radius 3 is 2.47 bits per heavy atom. The molecule has 0 aromatic heterocycles. The molecule has 5 nitrogen and oxygen atoms in total. The second kappa shape index (κ2) is 6.03. The summed E-state index contributed by atoms with van der Waals surface area (Å²) < 4.78 is 0.209. The van der Waals surface area contributed by atoms with E-state index in [1.165, 1.54) is 4.90 Å². The maximum atomic E-state index is 12.2. The topological polar surface area (TPSA) is 69.6 Å². The summed E-state index contributed by atoms with van der Waals surface area (Å²) in [5.74, 6) is -0.937. The van der Waals surface area contributed by atoms with E-state index in [4.69, 9.17) is 5.11 Å². The van der Waals surface area contributed by atoms with Crippen molar-refractivity contribution in [2.45, 2.75) is 49.3 Å². The van der Waals surface area contributed by atoms with Crippen molar-refractivity contribution in [3.05, 3.63) is 0 Å². The summed E-state index contributed by atoms with van der Waals surface area (Å²) in [5.41, 5.74) is 0. The Labute approximate surface area is 118 Å². The van der Waals surface area contributed by atoms with Crippen molar-refractivity contribution < 1.29 is 14.7 Å². The van der Waals surface area contributed by atoms with E-state index >= 15 is 0 Å². The van der Waals surface area contributed by atoms with Crippen molar-refractivity contribution in [3.8, 4) is 0 Å². The van der Waals surface area contributed by atoms with Gasteiger partial charge in [0.2, 0.25) is 0 Å². The molecule has 108 valence electrons. The van der Waals surface area contributed by atoms with Gasteiger partial charge in [0.05, 0.1) is 0 Å². The largest absolute Gasteiger partial charge is 0.480 e. The van der Waals surface area contributed by atoms with Crippen LogP contribution in [0, 0.1) is 0 Å². The van der Waals surface area contributed by atoms with Gasteiger partial charge in [-0.15, -0.1) is 0 Å². The molecule has 0 bridgehead atoms. The molecule has 0 heterocycles. The van der Waals surface area contributed by atoms with Crippen LogP contribution in [-0.2, 0) is 4.79 Å². The molecular weight excluding hydrogens is 264 g/mol. The van der Waals surface area contributed by atoms with Gasteiger partial charge in [0.25, 0.3) is 0 Å². The highest BCUT2D eigenvalue weighted by atomic mass is 32.2. The van der Waals surface area contributed by atoms with Crippen molar-refractivity contribution in [1.82, 2.24) is 10.2 Å². The molecule has 2 aliphatic carbocycles. The molecule has 0 atom stereocenters. The first kappa shape index (κ1) is 14.5. The highest BCUT2D eigenvalue weighted by molar-refractivity contribution is 8.00. The van der Waals surface area contributed by atoms with Crippen LogP contribution in [0.1, 0.15) is 38.5 Å². The first-order chi connectivity index (χ1) is 9.06. The average Bonchev–Trinajstić information content (AvgIpc) is 2.97. The van der Waals surface area contributed by atoms with E-state index in [0.29, 0.717) is 6.54 Å². The number of carbonyl (C=O) groups is 2. The summed E-state index contributed by atoms with van der Waals surface area (Å²) in [6.45, 7) is 0.457. The zero-order valence-electron chi connectivity index (χ0n) is 11.4. The molecular formula is C13H22N2O3S. The molecule has 0 aromatic carbocycles. The van der Waals surface area contributed by atoms with Gasteiger partial charge in [0.1, 0.15) is 6.54 Å². The Bertz CT molecular complexity index is 352. The van der Waals surface area contributed by atoms with Crippen molar-refractivity contribution in [2.24, 2.45) is 0 Å². The number of aliphatic carboxylic acids is 1. The van der Waals surface area contributed by atoms with Crippen molar-refractivity contribution >= 4 is 23.8 Å². The second-order valence-electron chi connectivity index (χ2n) is 5.51. The fourth-order valence-corrected chi connectivity index (χ4v) is 3.39. The molecule has 2 aliphatic rings. The van der Waals surface area contributed by atoms with E-state index in [1.807, 2.05) is 0 Å². The fraction of sp³-hybridized carbons (Fsp3) is 0.846. The lowest BCUT2D eigenvalue weighted by molar-refractivity contribution is -0.138. The molecule has 2 fully saturated rings. The van der Waals surface area contributed by atoms with Crippen molar-refractivity contribution in [3.63, 3.8) is 0 Å². The third-order valence-electron chi connectivity index (χ3n) is 4.13. The molecule has 0 aromatic rings. The molecule has 0 saturated heterocycles. The summed E-state index contributed by atoms with van der Waals surface area (Å²) in [7, 11) is 0. The van der Waals surface area contributed by atoms with Gasteiger partial charge >= 0.3 is 12.0 Å². The highest BCUT2D eigenvalue weighted by Gasteiger charge is 2.42. The van der Waals surface area contributed by atoms with Gasteiger partial charge in [-0.2, -0.15) is 11.8 Å². The number of carbonyl (C=O) groups excluding carboxylic acids is 1. The van der Waals surface area contributed by atoms with E-state index in [2.05, 4.69) is 11.6 Å². The molecule has 6 heteroatoms. The minimum atomic E-state index is -0.937. The monoisotopic (exact) mass is 286 g/mol. The maximum absolute atomic E-state index is 12.2. The molecule has 2 amide bonds. The van der Waals surface area contributed by atoms with E-state index in [9.17, 15) is 9.59 Å². The van der Waals surface area contributed by atoms with Crippen LogP contribution in [0.2, 0.25) is 0 Å². The number of rotatable bonds is 6. The first-order valence-corrected chi connectivity index (χ1v) is 8.10. The van der Waals surface area contributed by atoms with Gasteiger partial charge in [-0.25, -0.2) is 4.79 Å². The van der Waals surface area contributed by atoms with Crippen molar-refractivity contribution in [1.29, 1.82) is 0 Å². The van der Waals surface area contributed by atoms with Crippen molar-refractivity contribution in [2.75, 3.05) is 19.3 Å². The fourth-order valence-electron chi connectivity index (χ4n) is 2.66. The lowest BCUT2D eigenvalue weighted by Crippen LogP contribution is -2.49. The molecule has 0 unspecified atom stereocenters. The van der Waals surface area contributed by atoms with Crippen LogP contribution in [0.15, 0.2) is 0 Å². The van der Waals surface area contributed by atoms with Gasteiger partial charge in [-0.05, 0) is 31.9 Å². The van der Waals surface area contributed by atoms with Crippen LogP contribution < -0.4 is 5.32 Å². The highest BCUT2D eigenvalue weighted by Crippen LogP contribution is 2.46. The SMILES string of the molecule is CSC1(CNC(=O)N(CC(=O)O)C2CCCC2)CC1. The summed E-state index contributed by atoms with van der Waals surface area (Å²) in [6, 6.07) is -0.116. The standard InChI is InChI=1S/C13H22N2O3S/c1-19-13(6-7-13)9-14-12(18)15(8-11(16)17)10-4-2-3-5-10/h10H,2-9H2,1H3,(H,14,18)(H,16,17). The number of thioether (sulfide) groups is 1. The van der Waals surface area contributed by atoms with Gasteiger partial charge in [0.15, 0.2) is 0 Å². The summed E-state index contributed by atoms with van der Waals surface area (Å²) in [5, 5.41) is 11.9. The number of carboxylic acid groups (broad SMARTS) is 1. The zero-order chi connectivity index (χ0) is 13.9. The minimum Gasteiger partial charge on any atom is -0.480 e. The normalized spacial score (nSPS) is 21.1. The van der Waals surface area contributed by atoms with Gasteiger partial charge in [-0.3, -0.25) is 4.79 Å². The summed E-state index contributed by atoms with van der Waals surface area (Å²) in [6.07, 6.45) is 8.35. The Kier molecular flexibility index (Phi) is 4.60. The molecule has 19 heavy (non-hydrogen) atoms. The van der Waals surface area contributed by atoms with Crippen LogP contribution in [0.25, 0.3) is 0 Å². The van der Waals surface area contributed by atoms with E-state index < -0.39 is 5.97 Å². The lowest BCUT2D eigenvalue weighted by atomic mass is 10.2. The van der Waals surface area contributed by atoms with Gasteiger partial charge in [0, 0.05) is 17.3 Å². The molecule has 0 radical (unpaired) electrons. The number of hydrogen-bond acceptors (Lipinski definition) is 3. The quantitative estimate of drug-likeness (QED) is 0.782. The number of urea groups is 1. The number of amides is 2. The zero-order valence-corrected chi connectivity index (χ0v) is 12.2. The Balaban J connectivity index is 1.89. The van der Waals surface area contributed by atoms with Crippen LogP contribution in [0.5, 0.6) is 0 Å². The van der Waals surface area contributed by atoms with E-state index in [-0.39, 0.29) is 23.4 Å². The number of hydrogen-bond donors (Lipinski definition) is 2. The molecule has 2 N–H and O–H groups in total. The van der Waals surface area contributed by atoms with Crippen LogP contribution in [0.4, 0.5) is 4.79 Å². The number of nitrogens with one attached hydrogen (secondary N) is 1. The Morgan fingerprint density at radius 1 is 1.37 bits per heavy atom. The predicted molar refractivity (Wildman–Crippen MR) is 75.5 cm³/mol.